The molecule has 2 atom stereocenters. The standard InChI is InChI=1S/C15H25ClN2S/c1-5-11-9-18(10-12-6-7-14(16)19-12)13(8-17-11)15(2,3)4/h6-7,11,13,17H,5,8-10H2,1-4H3. The number of piperazine rings is 1. The van der Waals surface area contributed by atoms with E-state index in [2.05, 4.69) is 44.0 Å². The zero-order valence-corrected chi connectivity index (χ0v) is 13.9. The molecule has 1 aliphatic heterocycles. The van der Waals surface area contributed by atoms with Gasteiger partial charge < -0.3 is 5.32 Å². The summed E-state index contributed by atoms with van der Waals surface area (Å²) >= 11 is 7.75. The number of thiophene rings is 1. The maximum atomic E-state index is 6.05. The highest BCUT2D eigenvalue weighted by Crippen LogP contribution is 2.30. The molecule has 2 heterocycles. The maximum Gasteiger partial charge on any atom is 0.0931 e. The molecule has 0 amide bonds. The van der Waals surface area contributed by atoms with Crippen molar-refractivity contribution in [2.75, 3.05) is 13.1 Å². The molecule has 1 N–H and O–H groups in total. The highest BCUT2D eigenvalue weighted by atomic mass is 35.5. The lowest BCUT2D eigenvalue weighted by molar-refractivity contribution is 0.0493. The molecule has 0 spiro atoms. The van der Waals surface area contributed by atoms with E-state index >= 15 is 0 Å². The summed E-state index contributed by atoms with van der Waals surface area (Å²) in [6.07, 6.45) is 1.19. The van der Waals surface area contributed by atoms with Crippen LogP contribution in [0.25, 0.3) is 0 Å². The molecule has 1 aromatic rings. The molecular weight excluding hydrogens is 276 g/mol. The van der Waals surface area contributed by atoms with E-state index in [-0.39, 0.29) is 0 Å². The van der Waals surface area contributed by atoms with Gasteiger partial charge in [-0.2, -0.15) is 0 Å². The van der Waals surface area contributed by atoms with Crippen LogP contribution < -0.4 is 5.32 Å². The Kier molecular flexibility index (Phi) is 4.93. The smallest absolute Gasteiger partial charge is 0.0931 e. The average Bonchev–Trinajstić information content (AvgIpc) is 2.73. The Labute approximate surface area is 126 Å². The molecule has 2 rings (SSSR count). The minimum atomic E-state index is 0.298. The van der Waals surface area contributed by atoms with E-state index in [0.29, 0.717) is 17.5 Å². The first-order chi connectivity index (χ1) is 8.90. The van der Waals surface area contributed by atoms with Crippen molar-refractivity contribution in [2.45, 2.75) is 52.7 Å². The molecular formula is C15H25ClN2S. The fourth-order valence-corrected chi connectivity index (χ4v) is 3.93. The number of rotatable bonds is 3. The fraction of sp³-hybridized carbons (Fsp3) is 0.733. The average molecular weight is 301 g/mol. The molecule has 1 aliphatic rings. The third-order valence-electron chi connectivity index (χ3n) is 3.98. The molecule has 0 radical (unpaired) electrons. The van der Waals surface area contributed by atoms with Gasteiger partial charge in [0.1, 0.15) is 0 Å². The monoisotopic (exact) mass is 300 g/mol. The zero-order chi connectivity index (χ0) is 14.0. The van der Waals surface area contributed by atoms with Crippen LogP contribution in [0.1, 0.15) is 39.0 Å². The van der Waals surface area contributed by atoms with Crippen molar-refractivity contribution >= 4 is 22.9 Å². The van der Waals surface area contributed by atoms with E-state index in [1.54, 1.807) is 11.3 Å². The van der Waals surface area contributed by atoms with Crippen LogP contribution in [0, 0.1) is 5.41 Å². The second-order valence-corrected chi connectivity index (χ2v) is 8.33. The van der Waals surface area contributed by atoms with E-state index in [0.717, 1.165) is 24.0 Å². The second-order valence-electron chi connectivity index (χ2n) is 6.53. The Balaban J connectivity index is 2.11. The third kappa shape index (κ3) is 3.94. The third-order valence-corrected chi connectivity index (χ3v) is 5.19. The molecule has 1 fully saturated rings. The summed E-state index contributed by atoms with van der Waals surface area (Å²) in [7, 11) is 0. The van der Waals surface area contributed by atoms with Crippen LogP contribution in [0.3, 0.4) is 0 Å². The normalized spacial score (nSPS) is 25.7. The molecule has 0 saturated carbocycles. The molecule has 0 aliphatic carbocycles. The van der Waals surface area contributed by atoms with Gasteiger partial charge in [-0.3, -0.25) is 4.90 Å². The SMILES string of the molecule is CCC1CN(Cc2ccc(Cl)s2)C(C(C)(C)C)CN1. The fourth-order valence-electron chi connectivity index (χ4n) is 2.82. The molecule has 1 saturated heterocycles. The maximum absolute atomic E-state index is 6.05. The van der Waals surface area contributed by atoms with Crippen molar-refractivity contribution in [3.8, 4) is 0 Å². The summed E-state index contributed by atoms with van der Waals surface area (Å²) in [6, 6.07) is 5.37. The van der Waals surface area contributed by atoms with Crippen LogP contribution >= 0.6 is 22.9 Å². The Hall–Kier alpha value is -0.0900. The highest BCUT2D eigenvalue weighted by Gasteiger charge is 2.35. The van der Waals surface area contributed by atoms with Crippen LogP contribution in [0.2, 0.25) is 4.34 Å². The summed E-state index contributed by atoms with van der Waals surface area (Å²) < 4.78 is 0.893. The topological polar surface area (TPSA) is 15.3 Å². The number of nitrogens with zero attached hydrogens (tertiary/aromatic N) is 1. The van der Waals surface area contributed by atoms with Crippen molar-refractivity contribution in [1.29, 1.82) is 0 Å². The Morgan fingerprint density at radius 3 is 2.68 bits per heavy atom. The lowest BCUT2D eigenvalue weighted by Gasteiger charge is -2.46. The van der Waals surface area contributed by atoms with Crippen molar-refractivity contribution in [3.05, 3.63) is 21.3 Å². The summed E-state index contributed by atoms with van der Waals surface area (Å²) in [4.78, 5) is 4.00. The van der Waals surface area contributed by atoms with Crippen molar-refractivity contribution < 1.29 is 0 Å². The largest absolute Gasteiger partial charge is 0.311 e. The number of halogens is 1. The van der Waals surface area contributed by atoms with Gasteiger partial charge in [-0.05, 0) is 24.0 Å². The first kappa shape index (κ1) is 15.3. The summed E-state index contributed by atoms with van der Waals surface area (Å²) in [5.41, 5.74) is 0.298. The minimum absolute atomic E-state index is 0.298. The predicted molar refractivity (Wildman–Crippen MR) is 85.1 cm³/mol. The Bertz CT molecular complexity index is 411. The molecule has 108 valence electrons. The van der Waals surface area contributed by atoms with Gasteiger partial charge in [0.25, 0.3) is 0 Å². The van der Waals surface area contributed by atoms with Gasteiger partial charge >= 0.3 is 0 Å². The summed E-state index contributed by atoms with van der Waals surface area (Å²) in [5, 5.41) is 3.68. The van der Waals surface area contributed by atoms with Gasteiger partial charge in [-0.25, -0.2) is 0 Å². The van der Waals surface area contributed by atoms with Gasteiger partial charge in [0.05, 0.1) is 4.34 Å². The lowest BCUT2D eigenvalue weighted by Crippen LogP contribution is -2.59. The van der Waals surface area contributed by atoms with Gasteiger partial charge in [-0.1, -0.05) is 39.3 Å². The van der Waals surface area contributed by atoms with Gasteiger partial charge in [0, 0.05) is 36.6 Å². The van der Waals surface area contributed by atoms with E-state index in [9.17, 15) is 0 Å². The van der Waals surface area contributed by atoms with E-state index in [1.165, 1.54) is 11.3 Å². The first-order valence-electron chi connectivity index (χ1n) is 7.11. The molecule has 0 bridgehead atoms. The Morgan fingerprint density at radius 1 is 1.42 bits per heavy atom. The molecule has 1 aromatic heterocycles. The number of hydrogen-bond acceptors (Lipinski definition) is 3. The molecule has 0 aromatic carbocycles. The van der Waals surface area contributed by atoms with Gasteiger partial charge in [-0.15, -0.1) is 11.3 Å². The Morgan fingerprint density at radius 2 is 2.16 bits per heavy atom. The van der Waals surface area contributed by atoms with Crippen molar-refractivity contribution in [1.82, 2.24) is 10.2 Å². The zero-order valence-electron chi connectivity index (χ0n) is 12.4. The van der Waals surface area contributed by atoms with E-state index < -0.39 is 0 Å². The van der Waals surface area contributed by atoms with E-state index in [1.807, 2.05) is 6.07 Å². The van der Waals surface area contributed by atoms with Gasteiger partial charge in [0.2, 0.25) is 0 Å². The molecule has 4 heteroatoms. The minimum Gasteiger partial charge on any atom is -0.311 e. The molecule has 2 unspecified atom stereocenters. The highest BCUT2D eigenvalue weighted by molar-refractivity contribution is 7.16. The second kappa shape index (κ2) is 6.13. The van der Waals surface area contributed by atoms with Crippen LogP contribution in [0.4, 0.5) is 0 Å². The van der Waals surface area contributed by atoms with Crippen LogP contribution in [-0.2, 0) is 6.54 Å². The number of hydrogen-bond donors (Lipinski definition) is 1. The quantitative estimate of drug-likeness (QED) is 0.907. The van der Waals surface area contributed by atoms with E-state index in [4.69, 9.17) is 11.6 Å². The summed E-state index contributed by atoms with van der Waals surface area (Å²) in [5.74, 6) is 0. The predicted octanol–water partition coefficient (Wildman–Crippen LogP) is 4.00. The molecule has 2 nitrogen and oxygen atoms in total. The van der Waals surface area contributed by atoms with Crippen molar-refractivity contribution in [3.63, 3.8) is 0 Å². The van der Waals surface area contributed by atoms with Crippen LogP contribution in [-0.4, -0.2) is 30.1 Å². The number of nitrogens with one attached hydrogen (secondary N) is 1. The van der Waals surface area contributed by atoms with Gasteiger partial charge in [0.15, 0.2) is 0 Å². The summed E-state index contributed by atoms with van der Waals surface area (Å²) in [6.45, 7) is 12.5. The lowest BCUT2D eigenvalue weighted by atomic mass is 9.83. The van der Waals surface area contributed by atoms with Crippen LogP contribution in [0.5, 0.6) is 0 Å². The molecule has 19 heavy (non-hydrogen) atoms. The van der Waals surface area contributed by atoms with Crippen molar-refractivity contribution in [2.24, 2.45) is 5.41 Å². The first-order valence-corrected chi connectivity index (χ1v) is 8.31. The van der Waals surface area contributed by atoms with Crippen LogP contribution in [0.15, 0.2) is 12.1 Å².